The lowest BCUT2D eigenvalue weighted by atomic mass is 9.67. The summed E-state index contributed by atoms with van der Waals surface area (Å²) >= 11 is 0. The Kier molecular flexibility index (Phi) is 1.83. The first-order valence-corrected chi connectivity index (χ1v) is 4.28. The van der Waals surface area contributed by atoms with Gasteiger partial charge in [0.1, 0.15) is 0 Å². The standard InChI is InChI=1S/C8H8F2N2O3/c1-7(2-8(9,10)3-7)6-11-4(5(13)14)12-15-6/h2-3H2,1H3,(H,13,14). The number of halogens is 2. The smallest absolute Gasteiger partial charge is 0.377 e. The summed E-state index contributed by atoms with van der Waals surface area (Å²) in [7, 11) is 0. The van der Waals surface area contributed by atoms with Crippen LogP contribution in [-0.4, -0.2) is 27.1 Å². The number of carboxylic acid groups (broad SMARTS) is 1. The van der Waals surface area contributed by atoms with E-state index in [4.69, 9.17) is 5.11 Å². The molecule has 1 N–H and O–H groups in total. The van der Waals surface area contributed by atoms with Gasteiger partial charge in [0, 0.05) is 12.8 Å². The van der Waals surface area contributed by atoms with Crippen LogP contribution in [0.3, 0.4) is 0 Å². The van der Waals surface area contributed by atoms with Crippen LogP contribution in [0.2, 0.25) is 0 Å². The molecule has 7 heteroatoms. The predicted molar refractivity (Wildman–Crippen MR) is 42.8 cm³/mol. The molecule has 0 unspecified atom stereocenters. The number of hydrogen-bond donors (Lipinski definition) is 1. The van der Waals surface area contributed by atoms with Gasteiger partial charge in [-0.25, -0.2) is 13.6 Å². The highest BCUT2D eigenvalue weighted by atomic mass is 19.3. The summed E-state index contributed by atoms with van der Waals surface area (Å²) in [4.78, 5) is 14.0. The normalized spacial score (nSPS) is 22.1. The van der Waals surface area contributed by atoms with E-state index in [1.54, 1.807) is 6.92 Å². The van der Waals surface area contributed by atoms with Gasteiger partial charge in [-0.05, 0) is 5.16 Å². The maximum Gasteiger partial charge on any atom is 0.377 e. The molecule has 0 atom stereocenters. The van der Waals surface area contributed by atoms with Crippen LogP contribution in [0, 0.1) is 0 Å². The highest BCUT2D eigenvalue weighted by Crippen LogP contribution is 2.52. The maximum atomic E-state index is 12.7. The van der Waals surface area contributed by atoms with Gasteiger partial charge in [0.05, 0.1) is 5.41 Å². The third-order valence-electron chi connectivity index (χ3n) is 2.43. The molecule has 1 saturated carbocycles. The molecule has 0 aromatic carbocycles. The highest BCUT2D eigenvalue weighted by molar-refractivity contribution is 5.82. The quantitative estimate of drug-likeness (QED) is 0.812. The first-order valence-electron chi connectivity index (χ1n) is 4.28. The number of alkyl halides is 2. The summed E-state index contributed by atoms with van der Waals surface area (Å²) in [6.07, 6.45) is -0.775. The average molecular weight is 218 g/mol. The zero-order valence-electron chi connectivity index (χ0n) is 7.83. The Bertz CT molecular complexity index is 408. The Morgan fingerprint density at radius 2 is 2.13 bits per heavy atom. The van der Waals surface area contributed by atoms with Gasteiger partial charge in [-0.15, -0.1) is 0 Å². The fraction of sp³-hybridized carbons (Fsp3) is 0.625. The summed E-state index contributed by atoms with van der Waals surface area (Å²) < 4.78 is 30.0. The number of hydrogen-bond acceptors (Lipinski definition) is 4. The number of rotatable bonds is 2. The summed E-state index contributed by atoms with van der Waals surface area (Å²) in [5, 5.41) is 11.7. The van der Waals surface area contributed by atoms with Crippen molar-refractivity contribution in [1.29, 1.82) is 0 Å². The van der Waals surface area contributed by atoms with Crippen LogP contribution in [0.25, 0.3) is 0 Å². The summed E-state index contributed by atoms with van der Waals surface area (Å²) in [5.41, 5.74) is -0.899. The molecule has 1 heterocycles. The van der Waals surface area contributed by atoms with Gasteiger partial charge in [0.25, 0.3) is 5.82 Å². The molecular weight excluding hydrogens is 210 g/mol. The lowest BCUT2D eigenvalue weighted by molar-refractivity contribution is -0.128. The SMILES string of the molecule is CC1(c2nc(C(=O)O)no2)CC(F)(F)C1. The molecule has 0 radical (unpaired) electrons. The third kappa shape index (κ3) is 1.57. The van der Waals surface area contributed by atoms with Gasteiger partial charge in [-0.1, -0.05) is 6.92 Å². The molecule has 1 aliphatic carbocycles. The molecule has 1 aliphatic rings. The van der Waals surface area contributed by atoms with E-state index in [-0.39, 0.29) is 18.7 Å². The van der Waals surface area contributed by atoms with Crippen LogP contribution in [0.15, 0.2) is 4.52 Å². The van der Waals surface area contributed by atoms with Crippen molar-refractivity contribution in [2.45, 2.75) is 31.1 Å². The van der Waals surface area contributed by atoms with Crippen LogP contribution >= 0.6 is 0 Å². The van der Waals surface area contributed by atoms with Crippen molar-refractivity contribution in [2.24, 2.45) is 0 Å². The van der Waals surface area contributed by atoms with Crippen molar-refractivity contribution in [2.75, 3.05) is 0 Å². The van der Waals surface area contributed by atoms with Gasteiger partial charge in [0.15, 0.2) is 0 Å². The van der Waals surface area contributed by atoms with E-state index in [9.17, 15) is 13.6 Å². The van der Waals surface area contributed by atoms with Crippen LogP contribution in [0.1, 0.15) is 36.3 Å². The minimum absolute atomic E-state index is 0.0363. The topological polar surface area (TPSA) is 76.2 Å². The second-order valence-corrected chi connectivity index (χ2v) is 4.00. The van der Waals surface area contributed by atoms with E-state index in [1.807, 2.05) is 0 Å². The zero-order chi connectivity index (χ0) is 11.3. The van der Waals surface area contributed by atoms with Crippen molar-refractivity contribution in [1.82, 2.24) is 10.1 Å². The fourth-order valence-electron chi connectivity index (χ4n) is 1.80. The van der Waals surface area contributed by atoms with Gasteiger partial charge < -0.3 is 9.63 Å². The van der Waals surface area contributed by atoms with E-state index in [1.165, 1.54) is 0 Å². The predicted octanol–water partition coefficient (Wildman–Crippen LogP) is 1.45. The molecule has 0 saturated heterocycles. The minimum Gasteiger partial charge on any atom is -0.475 e. The van der Waals surface area contributed by atoms with Crippen LogP contribution < -0.4 is 0 Å². The van der Waals surface area contributed by atoms with E-state index >= 15 is 0 Å². The molecule has 0 amide bonds. The number of carboxylic acids is 1. The largest absolute Gasteiger partial charge is 0.475 e. The summed E-state index contributed by atoms with van der Waals surface area (Å²) in [5.74, 6) is -4.58. The molecule has 1 aromatic heterocycles. The molecule has 2 rings (SSSR count). The maximum absolute atomic E-state index is 12.7. The molecule has 0 spiro atoms. The zero-order valence-corrected chi connectivity index (χ0v) is 7.83. The minimum atomic E-state index is -2.72. The molecule has 5 nitrogen and oxygen atoms in total. The fourth-order valence-corrected chi connectivity index (χ4v) is 1.80. The number of aromatic carboxylic acids is 1. The van der Waals surface area contributed by atoms with Crippen molar-refractivity contribution in [3.05, 3.63) is 11.7 Å². The van der Waals surface area contributed by atoms with Crippen LogP contribution in [0.4, 0.5) is 8.78 Å². The lowest BCUT2D eigenvalue weighted by Gasteiger charge is -2.41. The van der Waals surface area contributed by atoms with Gasteiger partial charge >= 0.3 is 5.97 Å². The molecule has 1 aromatic rings. The highest BCUT2D eigenvalue weighted by Gasteiger charge is 2.57. The Hall–Kier alpha value is -1.53. The summed E-state index contributed by atoms with van der Waals surface area (Å²) in [6.45, 7) is 1.55. The first kappa shape index (κ1) is 10.0. The van der Waals surface area contributed by atoms with Crippen molar-refractivity contribution < 1.29 is 23.2 Å². The second-order valence-electron chi connectivity index (χ2n) is 4.00. The lowest BCUT2D eigenvalue weighted by Crippen LogP contribution is -2.47. The van der Waals surface area contributed by atoms with Crippen molar-refractivity contribution in [3.63, 3.8) is 0 Å². The van der Waals surface area contributed by atoms with Gasteiger partial charge in [0.2, 0.25) is 11.8 Å². The molecular formula is C8H8F2N2O3. The average Bonchev–Trinajstić information content (AvgIpc) is 2.47. The summed E-state index contributed by atoms with van der Waals surface area (Å²) in [6, 6.07) is 0. The van der Waals surface area contributed by atoms with Crippen molar-refractivity contribution >= 4 is 5.97 Å². The second kappa shape index (κ2) is 2.74. The molecule has 0 aliphatic heterocycles. The Morgan fingerprint density at radius 3 is 2.53 bits per heavy atom. The number of nitrogens with zero attached hydrogens (tertiary/aromatic N) is 2. The number of aromatic nitrogens is 2. The van der Waals surface area contributed by atoms with E-state index in [0.717, 1.165) is 0 Å². The number of carbonyl (C=O) groups is 1. The first-order chi connectivity index (χ1) is 6.82. The molecule has 1 fully saturated rings. The Labute approximate surface area is 83.1 Å². The van der Waals surface area contributed by atoms with Gasteiger partial charge in [-0.3, -0.25) is 0 Å². The van der Waals surface area contributed by atoms with Gasteiger partial charge in [-0.2, -0.15) is 4.98 Å². The molecule has 0 bridgehead atoms. The van der Waals surface area contributed by atoms with Crippen molar-refractivity contribution in [3.8, 4) is 0 Å². The molecule has 15 heavy (non-hydrogen) atoms. The Balaban J connectivity index is 2.21. The van der Waals surface area contributed by atoms with E-state index in [2.05, 4.69) is 14.7 Å². The third-order valence-corrected chi connectivity index (χ3v) is 2.43. The molecule has 82 valence electrons. The van der Waals surface area contributed by atoms with E-state index in [0.29, 0.717) is 0 Å². The van der Waals surface area contributed by atoms with Crippen LogP contribution in [0.5, 0.6) is 0 Å². The van der Waals surface area contributed by atoms with Crippen LogP contribution in [-0.2, 0) is 5.41 Å². The van der Waals surface area contributed by atoms with E-state index < -0.39 is 23.1 Å². The Morgan fingerprint density at radius 1 is 1.53 bits per heavy atom. The monoisotopic (exact) mass is 218 g/mol.